The molecule has 1 unspecified atom stereocenters. The normalized spacial score (nSPS) is 12.9. The number of rotatable bonds is 5. The summed E-state index contributed by atoms with van der Waals surface area (Å²) in [5, 5.41) is 0.603. The lowest BCUT2D eigenvalue weighted by molar-refractivity contribution is 0.474. The van der Waals surface area contributed by atoms with Crippen LogP contribution in [0, 0.1) is 0 Å². The van der Waals surface area contributed by atoms with Crippen LogP contribution in [0.2, 0.25) is 5.02 Å². The fraction of sp³-hybridized carbons (Fsp3) is 0.143. The van der Waals surface area contributed by atoms with E-state index < -0.39 is 21.9 Å². The Hall–Kier alpha value is -1.60. The molecular formula is C14H14ClNO4S. The van der Waals surface area contributed by atoms with Crippen molar-refractivity contribution < 1.29 is 17.7 Å². The molecular weight excluding hydrogens is 314 g/mol. The first-order valence-electron chi connectivity index (χ1n) is 6.07. The van der Waals surface area contributed by atoms with Crippen LogP contribution in [0.1, 0.15) is 11.6 Å². The van der Waals surface area contributed by atoms with Crippen molar-refractivity contribution in [2.24, 2.45) is 5.73 Å². The zero-order valence-electron chi connectivity index (χ0n) is 10.9. The van der Waals surface area contributed by atoms with Gasteiger partial charge in [0, 0.05) is 11.1 Å². The number of hydrogen-bond donors (Lipinski definition) is 2. The van der Waals surface area contributed by atoms with E-state index in [1.54, 1.807) is 48.5 Å². The van der Waals surface area contributed by atoms with E-state index in [0.29, 0.717) is 22.1 Å². The van der Waals surface area contributed by atoms with Gasteiger partial charge in [0.15, 0.2) is 0 Å². The molecule has 5 nitrogen and oxygen atoms in total. The van der Waals surface area contributed by atoms with Crippen molar-refractivity contribution in [1.29, 1.82) is 0 Å². The summed E-state index contributed by atoms with van der Waals surface area (Å²) in [5.74, 6) is 0.567. The highest BCUT2D eigenvalue weighted by Crippen LogP contribution is 2.25. The summed E-state index contributed by atoms with van der Waals surface area (Å²) < 4.78 is 36.2. The van der Waals surface area contributed by atoms with Crippen LogP contribution in [-0.2, 0) is 10.1 Å². The third-order valence-corrected chi connectivity index (χ3v) is 3.76. The van der Waals surface area contributed by atoms with Crippen molar-refractivity contribution in [3.63, 3.8) is 0 Å². The molecule has 0 spiro atoms. The molecule has 0 aromatic heterocycles. The van der Waals surface area contributed by atoms with Crippen LogP contribution in [0.3, 0.4) is 0 Å². The zero-order chi connectivity index (χ0) is 15.5. The summed E-state index contributed by atoms with van der Waals surface area (Å²) in [4.78, 5) is 0. The minimum absolute atomic E-state index is 0.514. The number of benzene rings is 2. The van der Waals surface area contributed by atoms with Crippen LogP contribution >= 0.6 is 11.6 Å². The Bertz CT molecular complexity index is 716. The molecule has 2 aromatic carbocycles. The van der Waals surface area contributed by atoms with Crippen LogP contribution < -0.4 is 10.5 Å². The predicted molar refractivity (Wildman–Crippen MR) is 81.3 cm³/mol. The highest BCUT2D eigenvalue weighted by atomic mass is 35.5. The molecule has 7 heteroatoms. The second-order valence-electron chi connectivity index (χ2n) is 4.48. The molecule has 0 heterocycles. The average Bonchev–Trinajstić information content (AvgIpc) is 2.40. The van der Waals surface area contributed by atoms with Crippen molar-refractivity contribution in [3.05, 3.63) is 59.1 Å². The van der Waals surface area contributed by atoms with Gasteiger partial charge in [-0.2, -0.15) is 8.42 Å². The van der Waals surface area contributed by atoms with Crippen molar-refractivity contribution in [2.75, 3.05) is 5.75 Å². The molecule has 0 amide bonds. The maximum absolute atomic E-state index is 10.9. The number of ether oxygens (including phenoxy) is 1. The molecule has 2 rings (SSSR count). The summed E-state index contributed by atoms with van der Waals surface area (Å²) in [7, 11) is -4.13. The first kappa shape index (κ1) is 15.8. The Morgan fingerprint density at radius 2 is 1.81 bits per heavy atom. The maximum Gasteiger partial charge on any atom is 0.266 e. The van der Waals surface area contributed by atoms with Gasteiger partial charge in [-0.3, -0.25) is 4.55 Å². The van der Waals surface area contributed by atoms with Crippen LogP contribution in [0.4, 0.5) is 0 Å². The number of hydrogen-bond acceptors (Lipinski definition) is 4. The van der Waals surface area contributed by atoms with Gasteiger partial charge in [-0.05, 0) is 42.0 Å². The maximum atomic E-state index is 10.9. The minimum Gasteiger partial charge on any atom is -0.457 e. The summed E-state index contributed by atoms with van der Waals surface area (Å²) in [6.07, 6.45) is 0. The SMILES string of the molecule is NC(CS(=O)(=O)O)c1cccc(Oc2ccc(Cl)cc2)c1. The van der Waals surface area contributed by atoms with Gasteiger partial charge < -0.3 is 10.5 Å². The van der Waals surface area contributed by atoms with E-state index >= 15 is 0 Å². The van der Waals surface area contributed by atoms with E-state index in [9.17, 15) is 8.42 Å². The van der Waals surface area contributed by atoms with Crippen LogP contribution in [0.25, 0.3) is 0 Å². The van der Waals surface area contributed by atoms with E-state index in [2.05, 4.69) is 0 Å². The Kier molecular flexibility index (Phi) is 4.84. The smallest absolute Gasteiger partial charge is 0.266 e. The van der Waals surface area contributed by atoms with Gasteiger partial charge in [0.1, 0.15) is 11.5 Å². The summed E-state index contributed by atoms with van der Waals surface area (Å²) in [6, 6.07) is 12.7. The molecule has 112 valence electrons. The molecule has 1 atom stereocenters. The van der Waals surface area contributed by atoms with Crippen molar-refractivity contribution >= 4 is 21.7 Å². The number of nitrogens with two attached hydrogens (primary N) is 1. The van der Waals surface area contributed by atoms with Gasteiger partial charge in [0.25, 0.3) is 10.1 Å². The Morgan fingerprint density at radius 3 is 2.43 bits per heavy atom. The third kappa shape index (κ3) is 5.02. The van der Waals surface area contributed by atoms with Crippen molar-refractivity contribution in [1.82, 2.24) is 0 Å². The molecule has 0 fully saturated rings. The quantitative estimate of drug-likeness (QED) is 0.824. The molecule has 0 radical (unpaired) electrons. The van der Waals surface area contributed by atoms with Gasteiger partial charge in [0.2, 0.25) is 0 Å². The average molecular weight is 328 g/mol. The van der Waals surface area contributed by atoms with E-state index in [0.717, 1.165) is 0 Å². The van der Waals surface area contributed by atoms with E-state index in [1.165, 1.54) is 0 Å². The molecule has 0 saturated carbocycles. The molecule has 0 aliphatic rings. The lowest BCUT2D eigenvalue weighted by Crippen LogP contribution is -2.21. The Labute approximate surface area is 128 Å². The predicted octanol–water partition coefficient (Wildman–Crippen LogP) is 3.02. The summed E-state index contributed by atoms with van der Waals surface area (Å²) >= 11 is 5.79. The van der Waals surface area contributed by atoms with Gasteiger partial charge >= 0.3 is 0 Å². The van der Waals surface area contributed by atoms with Gasteiger partial charge in [-0.1, -0.05) is 23.7 Å². The van der Waals surface area contributed by atoms with Crippen molar-refractivity contribution in [3.8, 4) is 11.5 Å². The van der Waals surface area contributed by atoms with Gasteiger partial charge in [-0.15, -0.1) is 0 Å². The van der Waals surface area contributed by atoms with Crippen LogP contribution in [0.15, 0.2) is 48.5 Å². The molecule has 21 heavy (non-hydrogen) atoms. The molecule has 0 aliphatic heterocycles. The molecule has 0 aliphatic carbocycles. The summed E-state index contributed by atoms with van der Waals surface area (Å²) in [5.41, 5.74) is 6.31. The standard InChI is InChI=1S/C14H14ClNO4S/c15-11-4-6-12(7-5-11)20-13-3-1-2-10(8-13)14(16)9-21(17,18)19/h1-8,14H,9,16H2,(H,17,18,19). The second-order valence-corrected chi connectivity index (χ2v) is 6.42. The lowest BCUT2D eigenvalue weighted by Gasteiger charge is -2.12. The molecule has 2 aromatic rings. The first-order valence-corrected chi connectivity index (χ1v) is 8.06. The zero-order valence-corrected chi connectivity index (χ0v) is 12.5. The molecule has 3 N–H and O–H groups in total. The Balaban J connectivity index is 2.15. The van der Waals surface area contributed by atoms with E-state index in [1.807, 2.05) is 0 Å². The highest BCUT2D eigenvalue weighted by molar-refractivity contribution is 7.85. The van der Waals surface area contributed by atoms with Gasteiger partial charge in [0.05, 0.1) is 5.75 Å². The highest BCUT2D eigenvalue weighted by Gasteiger charge is 2.15. The van der Waals surface area contributed by atoms with E-state index in [-0.39, 0.29) is 0 Å². The monoisotopic (exact) mass is 327 g/mol. The topological polar surface area (TPSA) is 89.6 Å². The fourth-order valence-corrected chi connectivity index (χ4v) is 2.54. The minimum atomic E-state index is -4.13. The Morgan fingerprint density at radius 1 is 1.14 bits per heavy atom. The van der Waals surface area contributed by atoms with E-state index in [4.69, 9.17) is 26.6 Å². The first-order chi connectivity index (χ1) is 9.83. The lowest BCUT2D eigenvalue weighted by atomic mass is 10.1. The van der Waals surface area contributed by atoms with Crippen molar-refractivity contribution in [2.45, 2.75) is 6.04 Å². The number of halogens is 1. The second kappa shape index (κ2) is 6.44. The molecule has 0 saturated heterocycles. The summed E-state index contributed by atoms with van der Waals surface area (Å²) in [6.45, 7) is 0. The fourth-order valence-electron chi connectivity index (χ4n) is 1.77. The third-order valence-electron chi connectivity index (χ3n) is 2.73. The molecule has 0 bridgehead atoms. The van der Waals surface area contributed by atoms with Gasteiger partial charge in [-0.25, -0.2) is 0 Å². The van der Waals surface area contributed by atoms with Crippen LogP contribution in [-0.4, -0.2) is 18.7 Å². The largest absolute Gasteiger partial charge is 0.457 e. The van der Waals surface area contributed by atoms with Crippen LogP contribution in [0.5, 0.6) is 11.5 Å².